The van der Waals surface area contributed by atoms with Crippen molar-refractivity contribution in [3.63, 3.8) is 0 Å². The van der Waals surface area contributed by atoms with E-state index in [2.05, 4.69) is 9.72 Å². The zero-order valence-corrected chi connectivity index (χ0v) is 10.4. The van der Waals surface area contributed by atoms with Gasteiger partial charge >= 0.3 is 6.36 Å². The summed E-state index contributed by atoms with van der Waals surface area (Å²) in [4.78, 5) is 14.0. The molecule has 0 spiro atoms. The van der Waals surface area contributed by atoms with Crippen molar-refractivity contribution in [2.45, 2.75) is 12.2 Å². The Hall–Kier alpha value is -0.570. The lowest BCUT2D eigenvalue weighted by Gasteiger charge is -2.10. The third-order valence-electron chi connectivity index (χ3n) is 1.54. The van der Waals surface area contributed by atoms with Crippen LogP contribution in [0.2, 0.25) is 0 Å². The number of carbonyl (C=O) groups excluding carboxylic acids is 1. The first-order valence-corrected chi connectivity index (χ1v) is 5.45. The summed E-state index contributed by atoms with van der Waals surface area (Å²) in [6.07, 6.45) is -4.50. The van der Waals surface area contributed by atoms with Crippen molar-refractivity contribution in [3.8, 4) is 5.88 Å². The van der Waals surface area contributed by atoms with Gasteiger partial charge in [0.1, 0.15) is 5.69 Å². The van der Waals surface area contributed by atoms with Gasteiger partial charge in [0.2, 0.25) is 5.88 Å². The largest absolute Gasteiger partial charge is 0.574 e. The van der Waals surface area contributed by atoms with Crippen molar-refractivity contribution in [2.75, 3.05) is 0 Å². The van der Waals surface area contributed by atoms with Gasteiger partial charge in [0.15, 0.2) is 6.29 Å². The molecular weight excluding hydrogens is 361 g/mol. The number of alkyl halides is 4. The maximum atomic E-state index is 11.9. The molecule has 3 nitrogen and oxygen atoms in total. The maximum Gasteiger partial charge on any atom is 0.574 e. The summed E-state index contributed by atoms with van der Waals surface area (Å²) in [7, 11) is 0. The monoisotopic (exact) mass is 365 g/mol. The Morgan fingerprint density at radius 3 is 2.62 bits per heavy atom. The molecule has 0 saturated heterocycles. The van der Waals surface area contributed by atoms with E-state index in [1.54, 1.807) is 22.6 Å². The van der Waals surface area contributed by atoms with Crippen molar-refractivity contribution in [3.05, 3.63) is 20.9 Å². The first-order valence-electron chi connectivity index (χ1n) is 3.83. The summed E-state index contributed by atoms with van der Waals surface area (Å²) in [5.41, 5.74) is 0.230. The molecule has 1 aromatic heterocycles. The predicted octanol–water partition coefficient (Wildman–Crippen LogP) is 3.14. The number of ether oxygens (including phenoxy) is 1. The highest BCUT2D eigenvalue weighted by Crippen LogP contribution is 2.26. The van der Waals surface area contributed by atoms with Gasteiger partial charge in [-0.05, 0) is 22.6 Å². The Balaban J connectivity index is 3.15. The fraction of sp³-hybridized carbons (Fsp3) is 0.250. The first-order chi connectivity index (χ1) is 7.37. The highest BCUT2D eigenvalue weighted by Gasteiger charge is 2.32. The van der Waals surface area contributed by atoms with Crippen LogP contribution in [0.5, 0.6) is 5.88 Å². The van der Waals surface area contributed by atoms with Crippen LogP contribution < -0.4 is 4.74 Å². The van der Waals surface area contributed by atoms with E-state index in [1.807, 2.05) is 0 Å². The van der Waals surface area contributed by atoms with E-state index in [1.165, 1.54) is 0 Å². The molecule has 16 heavy (non-hydrogen) atoms. The molecule has 1 rings (SSSR count). The molecule has 0 atom stereocenters. The average molecular weight is 365 g/mol. The molecule has 0 aliphatic heterocycles. The normalized spacial score (nSPS) is 11.3. The lowest BCUT2D eigenvalue weighted by molar-refractivity contribution is -0.276. The number of hydrogen-bond donors (Lipinski definition) is 0. The summed E-state index contributed by atoms with van der Waals surface area (Å²) in [5, 5.41) is 0. The minimum Gasteiger partial charge on any atom is -0.388 e. The SMILES string of the molecule is O=Cc1nc(OC(F)(F)F)cc(I)c1CCl. The minimum absolute atomic E-state index is 0.00829. The fourth-order valence-electron chi connectivity index (χ4n) is 0.937. The van der Waals surface area contributed by atoms with Crippen LogP contribution in [-0.4, -0.2) is 17.6 Å². The van der Waals surface area contributed by atoms with Crippen molar-refractivity contribution < 1.29 is 22.7 Å². The van der Waals surface area contributed by atoms with E-state index in [0.29, 0.717) is 15.4 Å². The third-order valence-corrected chi connectivity index (χ3v) is 2.77. The van der Waals surface area contributed by atoms with E-state index in [-0.39, 0.29) is 11.6 Å². The van der Waals surface area contributed by atoms with Gasteiger partial charge in [-0.1, -0.05) is 0 Å². The average Bonchev–Trinajstić information content (AvgIpc) is 2.14. The number of hydrogen-bond acceptors (Lipinski definition) is 3. The van der Waals surface area contributed by atoms with E-state index in [4.69, 9.17) is 11.6 Å². The molecule has 0 aliphatic rings. The Labute approximate surface area is 107 Å². The molecule has 0 amide bonds. The highest BCUT2D eigenvalue weighted by molar-refractivity contribution is 14.1. The van der Waals surface area contributed by atoms with Crippen LogP contribution >= 0.6 is 34.2 Å². The first kappa shape index (κ1) is 13.5. The minimum atomic E-state index is -4.83. The van der Waals surface area contributed by atoms with Crippen molar-refractivity contribution in [2.24, 2.45) is 0 Å². The number of rotatable bonds is 3. The van der Waals surface area contributed by atoms with Gasteiger partial charge in [-0.25, -0.2) is 4.98 Å². The van der Waals surface area contributed by atoms with Gasteiger partial charge in [-0.3, -0.25) is 4.79 Å². The second-order valence-electron chi connectivity index (χ2n) is 2.61. The van der Waals surface area contributed by atoms with Crippen LogP contribution in [0.1, 0.15) is 16.1 Å². The quantitative estimate of drug-likeness (QED) is 0.469. The van der Waals surface area contributed by atoms with Gasteiger partial charge in [-0.15, -0.1) is 24.8 Å². The predicted molar refractivity (Wildman–Crippen MR) is 58.6 cm³/mol. The standard InChI is InChI=1S/C8H4ClF3INO2/c9-2-4-5(13)1-7(14-6(4)3-15)16-8(10,11)12/h1,3H,2H2. The Bertz CT molecular complexity index is 411. The van der Waals surface area contributed by atoms with Crippen molar-refractivity contribution in [1.29, 1.82) is 0 Å². The number of carbonyl (C=O) groups is 1. The van der Waals surface area contributed by atoms with Crippen LogP contribution in [0, 0.1) is 3.57 Å². The number of halogens is 5. The van der Waals surface area contributed by atoms with Gasteiger partial charge in [0.05, 0.1) is 5.88 Å². The Morgan fingerprint density at radius 2 is 2.19 bits per heavy atom. The summed E-state index contributed by atoms with van der Waals surface area (Å²) in [6.45, 7) is 0. The Kier molecular flexibility index (Phi) is 4.36. The lowest BCUT2D eigenvalue weighted by atomic mass is 10.2. The zero-order valence-electron chi connectivity index (χ0n) is 7.52. The van der Waals surface area contributed by atoms with Crippen LogP contribution in [0.15, 0.2) is 6.07 Å². The van der Waals surface area contributed by atoms with E-state index < -0.39 is 12.2 Å². The summed E-state index contributed by atoms with van der Waals surface area (Å²) < 4.78 is 39.7. The number of aldehydes is 1. The highest BCUT2D eigenvalue weighted by atomic mass is 127. The summed E-state index contributed by atoms with van der Waals surface area (Å²) >= 11 is 7.29. The zero-order chi connectivity index (χ0) is 12.3. The van der Waals surface area contributed by atoms with Crippen molar-refractivity contribution in [1.82, 2.24) is 4.98 Å². The molecule has 0 bridgehead atoms. The maximum absolute atomic E-state index is 11.9. The smallest absolute Gasteiger partial charge is 0.388 e. The number of aromatic nitrogens is 1. The van der Waals surface area contributed by atoms with E-state index in [9.17, 15) is 18.0 Å². The molecule has 88 valence electrons. The van der Waals surface area contributed by atoms with Crippen molar-refractivity contribution >= 4 is 40.5 Å². The molecule has 0 aromatic carbocycles. The summed E-state index contributed by atoms with van der Waals surface area (Å²) in [6, 6.07) is 1.07. The van der Waals surface area contributed by atoms with Crippen LogP contribution in [0.25, 0.3) is 0 Å². The number of nitrogens with zero attached hydrogens (tertiary/aromatic N) is 1. The van der Waals surface area contributed by atoms with Gasteiger partial charge in [0.25, 0.3) is 0 Å². The Morgan fingerprint density at radius 1 is 1.56 bits per heavy atom. The van der Waals surface area contributed by atoms with Crippen LogP contribution in [0.3, 0.4) is 0 Å². The van der Waals surface area contributed by atoms with Gasteiger partial charge < -0.3 is 4.74 Å². The molecule has 1 aromatic rings. The molecule has 0 radical (unpaired) electrons. The molecule has 8 heteroatoms. The molecule has 1 heterocycles. The van der Waals surface area contributed by atoms with Crippen LogP contribution in [0.4, 0.5) is 13.2 Å². The molecule has 0 fully saturated rings. The second-order valence-corrected chi connectivity index (χ2v) is 4.03. The fourth-order valence-corrected chi connectivity index (χ4v) is 2.18. The second kappa shape index (κ2) is 5.17. The third kappa shape index (κ3) is 3.48. The lowest BCUT2D eigenvalue weighted by Crippen LogP contribution is -2.18. The molecule has 0 N–H and O–H groups in total. The molecule has 0 saturated carbocycles. The van der Waals surface area contributed by atoms with Gasteiger partial charge in [0, 0.05) is 15.2 Å². The van der Waals surface area contributed by atoms with E-state index >= 15 is 0 Å². The molecule has 0 aliphatic carbocycles. The topological polar surface area (TPSA) is 39.2 Å². The summed E-state index contributed by atoms with van der Waals surface area (Å²) in [5.74, 6) is -0.682. The molecular formula is C8H4ClF3INO2. The molecule has 0 unspecified atom stereocenters. The number of pyridine rings is 1. The van der Waals surface area contributed by atoms with Crippen LogP contribution in [-0.2, 0) is 5.88 Å². The van der Waals surface area contributed by atoms with Gasteiger partial charge in [-0.2, -0.15) is 0 Å². The van der Waals surface area contributed by atoms with E-state index in [0.717, 1.165) is 6.07 Å².